The maximum Gasteiger partial charge on any atom is 0.341 e. The number of ether oxygens (including phenoxy) is 1. The smallest absolute Gasteiger partial charge is 0.341 e. The quantitative estimate of drug-likeness (QED) is 0.241. The SMILES string of the molecule is CC(C)CC(N)C(=O)OCNOC(=O)C(N)CC(C)C. The molecule has 0 bridgehead atoms. The number of hydroxylamine groups is 1. The Morgan fingerprint density at radius 1 is 0.950 bits per heavy atom. The van der Waals surface area contributed by atoms with Crippen LogP contribution in [0.15, 0.2) is 0 Å². The van der Waals surface area contributed by atoms with E-state index in [1.165, 1.54) is 0 Å². The molecule has 5 N–H and O–H groups in total. The van der Waals surface area contributed by atoms with Crippen molar-refractivity contribution < 1.29 is 19.2 Å². The summed E-state index contributed by atoms with van der Waals surface area (Å²) in [6, 6.07) is -1.36. The molecule has 0 radical (unpaired) electrons. The first-order chi connectivity index (χ1) is 9.23. The number of hydrogen-bond acceptors (Lipinski definition) is 7. The summed E-state index contributed by atoms with van der Waals surface area (Å²) in [6.45, 7) is 7.59. The molecule has 0 saturated heterocycles. The van der Waals surface area contributed by atoms with Crippen LogP contribution < -0.4 is 16.9 Å². The second-order valence-corrected chi connectivity index (χ2v) is 5.65. The zero-order valence-corrected chi connectivity index (χ0v) is 12.7. The van der Waals surface area contributed by atoms with Crippen molar-refractivity contribution in [1.29, 1.82) is 0 Å². The summed E-state index contributed by atoms with van der Waals surface area (Å²) in [5.41, 5.74) is 13.5. The van der Waals surface area contributed by atoms with Crippen LogP contribution in [0.2, 0.25) is 0 Å². The highest BCUT2D eigenvalue weighted by Gasteiger charge is 2.18. The van der Waals surface area contributed by atoms with E-state index in [9.17, 15) is 9.59 Å². The highest BCUT2D eigenvalue weighted by molar-refractivity contribution is 5.76. The number of nitrogens with two attached hydrogens (primary N) is 2. The highest BCUT2D eigenvalue weighted by Crippen LogP contribution is 2.04. The predicted octanol–water partition coefficient (Wildman–Crippen LogP) is 0.282. The number of carbonyl (C=O) groups excluding carboxylic acids is 2. The van der Waals surface area contributed by atoms with Crippen molar-refractivity contribution in [2.24, 2.45) is 23.3 Å². The summed E-state index contributed by atoms with van der Waals surface area (Å²) >= 11 is 0. The molecule has 0 aliphatic heterocycles. The maximum absolute atomic E-state index is 11.5. The largest absolute Gasteiger partial charge is 0.446 e. The molecule has 2 unspecified atom stereocenters. The summed E-state index contributed by atoms with van der Waals surface area (Å²) < 4.78 is 4.82. The minimum atomic E-state index is -0.693. The van der Waals surface area contributed by atoms with E-state index in [1.807, 2.05) is 27.7 Å². The first-order valence-corrected chi connectivity index (χ1v) is 6.85. The van der Waals surface area contributed by atoms with Gasteiger partial charge in [-0.05, 0) is 24.7 Å². The van der Waals surface area contributed by atoms with Gasteiger partial charge in [0, 0.05) is 0 Å². The molecule has 0 spiro atoms. The second kappa shape index (κ2) is 9.68. The molecule has 0 aromatic rings. The van der Waals surface area contributed by atoms with E-state index < -0.39 is 24.0 Å². The van der Waals surface area contributed by atoms with Crippen molar-refractivity contribution in [2.45, 2.75) is 52.6 Å². The van der Waals surface area contributed by atoms with Crippen molar-refractivity contribution >= 4 is 11.9 Å². The van der Waals surface area contributed by atoms with Gasteiger partial charge in [0.15, 0.2) is 6.73 Å². The van der Waals surface area contributed by atoms with Crippen LogP contribution in [-0.2, 0) is 19.2 Å². The van der Waals surface area contributed by atoms with Gasteiger partial charge >= 0.3 is 11.9 Å². The van der Waals surface area contributed by atoms with Gasteiger partial charge in [0.1, 0.15) is 12.1 Å². The topological polar surface area (TPSA) is 117 Å². The van der Waals surface area contributed by atoms with Gasteiger partial charge in [-0.15, -0.1) is 5.48 Å². The Labute approximate surface area is 120 Å². The molecule has 0 aromatic carbocycles. The number of esters is 1. The van der Waals surface area contributed by atoms with Gasteiger partial charge in [-0.3, -0.25) is 4.79 Å². The average molecular weight is 289 g/mol. The van der Waals surface area contributed by atoms with E-state index in [0.717, 1.165) is 0 Å². The molecule has 0 aliphatic carbocycles. The van der Waals surface area contributed by atoms with Crippen molar-refractivity contribution in [2.75, 3.05) is 6.73 Å². The lowest BCUT2D eigenvalue weighted by Crippen LogP contribution is -2.39. The van der Waals surface area contributed by atoms with Crippen LogP contribution in [0.1, 0.15) is 40.5 Å². The molecule has 0 aliphatic rings. The molecule has 118 valence electrons. The second-order valence-electron chi connectivity index (χ2n) is 5.65. The Bertz CT molecular complexity index is 278. The standard InChI is InChI=1S/C13H27N3O4/c1-8(2)5-10(14)12(17)19-7-16-20-13(18)11(15)6-9(3)4/h8-11,16H,5-7,14-15H2,1-4H3. The van der Waals surface area contributed by atoms with Gasteiger partial charge in [0.05, 0.1) is 0 Å². The van der Waals surface area contributed by atoms with Crippen LogP contribution in [0.3, 0.4) is 0 Å². The molecule has 0 aromatic heterocycles. The monoisotopic (exact) mass is 289 g/mol. The van der Waals surface area contributed by atoms with Gasteiger partial charge in [-0.1, -0.05) is 27.7 Å². The van der Waals surface area contributed by atoms with Crippen LogP contribution in [0.5, 0.6) is 0 Å². The lowest BCUT2D eigenvalue weighted by molar-refractivity contribution is -0.164. The average Bonchev–Trinajstić information content (AvgIpc) is 2.32. The summed E-state index contributed by atoms with van der Waals surface area (Å²) in [5, 5.41) is 0. The van der Waals surface area contributed by atoms with E-state index in [-0.39, 0.29) is 6.73 Å². The molecule has 7 nitrogen and oxygen atoms in total. The van der Waals surface area contributed by atoms with E-state index in [1.54, 1.807) is 0 Å². The first-order valence-electron chi connectivity index (χ1n) is 6.85. The zero-order chi connectivity index (χ0) is 15.7. The Morgan fingerprint density at radius 3 is 1.85 bits per heavy atom. The predicted molar refractivity (Wildman–Crippen MR) is 75.0 cm³/mol. The zero-order valence-electron chi connectivity index (χ0n) is 12.7. The fourth-order valence-electron chi connectivity index (χ4n) is 1.59. The number of carbonyl (C=O) groups is 2. The van der Waals surface area contributed by atoms with Crippen LogP contribution in [0.4, 0.5) is 0 Å². The van der Waals surface area contributed by atoms with Crippen molar-refractivity contribution in [3.63, 3.8) is 0 Å². The van der Waals surface area contributed by atoms with Gasteiger partial charge in [-0.25, -0.2) is 4.79 Å². The van der Waals surface area contributed by atoms with Crippen molar-refractivity contribution in [3.05, 3.63) is 0 Å². The number of nitrogens with one attached hydrogen (secondary N) is 1. The minimum Gasteiger partial charge on any atom is -0.446 e. The van der Waals surface area contributed by atoms with Crippen LogP contribution in [-0.4, -0.2) is 30.8 Å². The molecule has 2 atom stereocenters. The Morgan fingerprint density at radius 2 is 1.40 bits per heavy atom. The lowest BCUT2D eigenvalue weighted by atomic mass is 10.1. The maximum atomic E-state index is 11.5. The van der Waals surface area contributed by atoms with E-state index in [2.05, 4.69) is 10.3 Å². The Hall–Kier alpha value is -1.18. The molecule has 0 amide bonds. The molecule has 0 rings (SSSR count). The van der Waals surface area contributed by atoms with E-state index >= 15 is 0 Å². The fraction of sp³-hybridized carbons (Fsp3) is 0.846. The summed E-state index contributed by atoms with van der Waals surface area (Å²) in [6.07, 6.45) is 1.07. The molecule has 0 saturated carbocycles. The molecule has 0 heterocycles. The van der Waals surface area contributed by atoms with E-state index in [4.69, 9.17) is 16.2 Å². The van der Waals surface area contributed by atoms with Gasteiger partial charge in [0.25, 0.3) is 0 Å². The third-order valence-electron chi connectivity index (χ3n) is 2.50. The normalized spacial score (nSPS) is 14.2. The van der Waals surface area contributed by atoms with Crippen LogP contribution in [0, 0.1) is 11.8 Å². The number of hydrogen-bond donors (Lipinski definition) is 3. The Kier molecular flexibility index (Phi) is 9.11. The molecular weight excluding hydrogens is 262 g/mol. The highest BCUT2D eigenvalue weighted by atomic mass is 16.7. The van der Waals surface area contributed by atoms with Gasteiger partial charge in [-0.2, -0.15) is 0 Å². The molecule has 0 fully saturated rings. The summed E-state index contributed by atoms with van der Waals surface area (Å²) in [7, 11) is 0. The van der Waals surface area contributed by atoms with Crippen molar-refractivity contribution in [3.8, 4) is 0 Å². The Balaban J connectivity index is 3.80. The van der Waals surface area contributed by atoms with Crippen LogP contribution >= 0.6 is 0 Å². The van der Waals surface area contributed by atoms with E-state index in [0.29, 0.717) is 24.7 Å². The third kappa shape index (κ3) is 8.84. The number of rotatable bonds is 9. The van der Waals surface area contributed by atoms with Gasteiger partial charge < -0.3 is 21.0 Å². The summed E-state index contributed by atoms with van der Waals surface area (Å²) in [5.74, 6) is -0.517. The molecule has 20 heavy (non-hydrogen) atoms. The lowest BCUT2D eigenvalue weighted by Gasteiger charge is -2.15. The van der Waals surface area contributed by atoms with Crippen molar-refractivity contribution in [1.82, 2.24) is 5.48 Å². The van der Waals surface area contributed by atoms with Gasteiger partial charge in [0.2, 0.25) is 0 Å². The fourth-order valence-corrected chi connectivity index (χ4v) is 1.59. The molecule has 7 heteroatoms. The summed E-state index contributed by atoms with van der Waals surface area (Å²) in [4.78, 5) is 27.6. The van der Waals surface area contributed by atoms with Crippen LogP contribution in [0.25, 0.3) is 0 Å². The molecular formula is C13H27N3O4. The minimum absolute atomic E-state index is 0.245. The first kappa shape index (κ1) is 18.8. The third-order valence-corrected chi connectivity index (χ3v) is 2.50.